The molecule has 0 radical (unpaired) electrons. The summed E-state index contributed by atoms with van der Waals surface area (Å²) in [6, 6.07) is 1.95. The molecule has 90 valence electrons. The van der Waals surface area contributed by atoms with Crippen LogP contribution in [0.4, 0.5) is 0 Å². The molecule has 1 fully saturated rings. The SMILES string of the molecule is CCC1CCCC(O)(c2ccnn2C)CC1. The number of aromatic nitrogens is 2. The Morgan fingerprint density at radius 3 is 2.94 bits per heavy atom. The molecule has 0 spiro atoms. The molecule has 3 nitrogen and oxygen atoms in total. The summed E-state index contributed by atoms with van der Waals surface area (Å²) < 4.78 is 1.81. The van der Waals surface area contributed by atoms with Crippen molar-refractivity contribution in [2.24, 2.45) is 13.0 Å². The molecular weight excluding hydrogens is 200 g/mol. The van der Waals surface area contributed by atoms with Gasteiger partial charge in [0.25, 0.3) is 0 Å². The molecule has 3 heteroatoms. The molecule has 2 atom stereocenters. The summed E-state index contributed by atoms with van der Waals surface area (Å²) in [5.74, 6) is 0.794. The molecule has 0 aromatic carbocycles. The molecule has 0 amide bonds. The van der Waals surface area contributed by atoms with E-state index in [4.69, 9.17) is 0 Å². The first-order valence-electron chi connectivity index (χ1n) is 6.36. The molecule has 1 aromatic heterocycles. The highest BCUT2D eigenvalue weighted by Crippen LogP contribution is 2.38. The predicted molar refractivity (Wildman–Crippen MR) is 64.0 cm³/mol. The molecule has 16 heavy (non-hydrogen) atoms. The summed E-state index contributed by atoms with van der Waals surface area (Å²) in [6.45, 7) is 2.25. The van der Waals surface area contributed by atoms with Crippen molar-refractivity contribution in [3.05, 3.63) is 18.0 Å². The minimum atomic E-state index is -0.644. The van der Waals surface area contributed by atoms with Crippen LogP contribution >= 0.6 is 0 Å². The van der Waals surface area contributed by atoms with Crippen molar-refractivity contribution >= 4 is 0 Å². The quantitative estimate of drug-likeness (QED) is 0.781. The van der Waals surface area contributed by atoms with Crippen LogP contribution in [0.5, 0.6) is 0 Å². The zero-order valence-corrected chi connectivity index (χ0v) is 10.3. The molecule has 1 aromatic rings. The maximum Gasteiger partial charge on any atom is 0.106 e. The Bertz CT molecular complexity index is 347. The summed E-state index contributed by atoms with van der Waals surface area (Å²) in [5.41, 5.74) is 0.332. The van der Waals surface area contributed by atoms with Gasteiger partial charge in [0.2, 0.25) is 0 Å². The van der Waals surface area contributed by atoms with Gasteiger partial charge in [-0.3, -0.25) is 4.68 Å². The number of aliphatic hydroxyl groups is 1. The summed E-state index contributed by atoms with van der Waals surface area (Å²) >= 11 is 0. The van der Waals surface area contributed by atoms with E-state index in [1.807, 2.05) is 17.8 Å². The van der Waals surface area contributed by atoms with Crippen LogP contribution in [0.2, 0.25) is 0 Å². The van der Waals surface area contributed by atoms with Crippen LogP contribution in [0, 0.1) is 5.92 Å². The molecular formula is C13H22N2O. The van der Waals surface area contributed by atoms with Crippen molar-refractivity contribution in [1.29, 1.82) is 0 Å². The van der Waals surface area contributed by atoms with Crippen molar-refractivity contribution in [2.45, 2.75) is 51.0 Å². The van der Waals surface area contributed by atoms with E-state index in [1.54, 1.807) is 6.20 Å². The Morgan fingerprint density at radius 1 is 1.50 bits per heavy atom. The molecule has 0 aliphatic heterocycles. The highest BCUT2D eigenvalue weighted by molar-refractivity contribution is 5.12. The molecule has 2 rings (SSSR count). The monoisotopic (exact) mass is 222 g/mol. The largest absolute Gasteiger partial charge is 0.384 e. The maximum atomic E-state index is 10.7. The molecule has 1 saturated carbocycles. The third kappa shape index (κ3) is 2.14. The highest BCUT2D eigenvalue weighted by Gasteiger charge is 2.34. The summed E-state index contributed by atoms with van der Waals surface area (Å²) in [4.78, 5) is 0. The van der Waals surface area contributed by atoms with Crippen LogP contribution in [0.3, 0.4) is 0 Å². The van der Waals surface area contributed by atoms with E-state index in [0.29, 0.717) is 0 Å². The lowest BCUT2D eigenvalue weighted by Gasteiger charge is -2.26. The molecule has 1 aliphatic rings. The van der Waals surface area contributed by atoms with Crippen molar-refractivity contribution in [2.75, 3.05) is 0 Å². The molecule has 2 unspecified atom stereocenters. The van der Waals surface area contributed by atoms with Crippen LogP contribution in [0.25, 0.3) is 0 Å². The first-order chi connectivity index (χ1) is 7.65. The van der Waals surface area contributed by atoms with Crippen LogP contribution in [-0.2, 0) is 12.6 Å². The van der Waals surface area contributed by atoms with Gasteiger partial charge >= 0.3 is 0 Å². The maximum absolute atomic E-state index is 10.7. The van der Waals surface area contributed by atoms with Gasteiger partial charge in [0, 0.05) is 13.2 Å². The van der Waals surface area contributed by atoms with Gasteiger partial charge in [-0.1, -0.05) is 19.8 Å². The average Bonchev–Trinajstić information content (AvgIpc) is 2.60. The second-order valence-corrected chi connectivity index (χ2v) is 5.08. The van der Waals surface area contributed by atoms with Gasteiger partial charge in [-0.25, -0.2) is 0 Å². The van der Waals surface area contributed by atoms with Crippen molar-refractivity contribution < 1.29 is 5.11 Å². The average molecular weight is 222 g/mol. The normalized spacial score (nSPS) is 31.3. The van der Waals surface area contributed by atoms with Crippen molar-refractivity contribution in [3.63, 3.8) is 0 Å². The van der Waals surface area contributed by atoms with Crippen molar-refractivity contribution in [1.82, 2.24) is 9.78 Å². The fourth-order valence-electron chi connectivity index (χ4n) is 2.89. The predicted octanol–water partition coefficient (Wildman–Crippen LogP) is 2.60. The molecule has 1 aliphatic carbocycles. The van der Waals surface area contributed by atoms with Gasteiger partial charge in [0.1, 0.15) is 5.60 Å². The highest BCUT2D eigenvalue weighted by atomic mass is 16.3. The Balaban J connectivity index is 2.16. The van der Waals surface area contributed by atoms with E-state index in [0.717, 1.165) is 37.3 Å². The summed E-state index contributed by atoms with van der Waals surface area (Å²) in [7, 11) is 1.91. The van der Waals surface area contributed by atoms with E-state index < -0.39 is 5.60 Å². The minimum absolute atomic E-state index is 0.644. The topological polar surface area (TPSA) is 38.1 Å². The zero-order chi connectivity index (χ0) is 11.6. The van der Waals surface area contributed by atoms with Gasteiger partial charge in [-0.05, 0) is 37.7 Å². The lowest BCUT2D eigenvalue weighted by Crippen LogP contribution is -2.27. The van der Waals surface area contributed by atoms with Gasteiger partial charge in [0.15, 0.2) is 0 Å². The van der Waals surface area contributed by atoms with Gasteiger partial charge in [-0.2, -0.15) is 5.10 Å². The fraction of sp³-hybridized carbons (Fsp3) is 0.769. The van der Waals surface area contributed by atoms with E-state index in [9.17, 15) is 5.11 Å². The van der Waals surface area contributed by atoms with E-state index in [-0.39, 0.29) is 0 Å². The van der Waals surface area contributed by atoms with Crippen LogP contribution in [-0.4, -0.2) is 14.9 Å². The number of aryl methyl sites for hydroxylation is 1. The van der Waals surface area contributed by atoms with Gasteiger partial charge in [-0.15, -0.1) is 0 Å². The Hall–Kier alpha value is -0.830. The Morgan fingerprint density at radius 2 is 2.31 bits per heavy atom. The molecule has 0 saturated heterocycles. The first kappa shape index (κ1) is 11.6. The number of rotatable bonds is 2. The van der Waals surface area contributed by atoms with Crippen LogP contribution in [0.15, 0.2) is 12.3 Å². The Kier molecular flexibility index (Phi) is 3.33. The lowest BCUT2D eigenvalue weighted by molar-refractivity contribution is 0.0117. The molecule has 1 N–H and O–H groups in total. The Labute approximate surface area is 97.5 Å². The van der Waals surface area contributed by atoms with E-state index in [2.05, 4.69) is 12.0 Å². The van der Waals surface area contributed by atoms with Gasteiger partial charge < -0.3 is 5.11 Å². The van der Waals surface area contributed by atoms with Crippen LogP contribution in [0.1, 0.15) is 51.1 Å². The number of hydrogen-bond donors (Lipinski definition) is 1. The smallest absolute Gasteiger partial charge is 0.106 e. The van der Waals surface area contributed by atoms with E-state index >= 15 is 0 Å². The first-order valence-corrected chi connectivity index (χ1v) is 6.36. The molecule has 0 bridgehead atoms. The van der Waals surface area contributed by atoms with E-state index in [1.165, 1.54) is 12.8 Å². The summed E-state index contributed by atoms with van der Waals surface area (Å²) in [6.07, 6.45) is 8.29. The third-order valence-electron chi connectivity index (χ3n) is 4.04. The second-order valence-electron chi connectivity index (χ2n) is 5.08. The standard InChI is InChI=1S/C13H22N2O/c1-3-11-5-4-8-13(16,9-6-11)12-7-10-14-15(12)2/h7,10-11,16H,3-6,8-9H2,1-2H3. The van der Waals surface area contributed by atoms with Crippen molar-refractivity contribution in [3.8, 4) is 0 Å². The minimum Gasteiger partial charge on any atom is -0.384 e. The summed E-state index contributed by atoms with van der Waals surface area (Å²) in [5, 5.41) is 14.9. The third-order valence-corrected chi connectivity index (χ3v) is 4.04. The number of hydrogen-bond acceptors (Lipinski definition) is 2. The van der Waals surface area contributed by atoms with Gasteiger partial charge in [0.05, 0.1) is 5.69 Å². The number of nitrogens with zero attached hydrogens (tertiary/aromatic N) is 2. The van der Waals surface area contributed by atoms with Crippen LogP contribution < -0.4 is 0 Å². The zero-order valence-electron chi connectivity index (χ0n) is 10.3. The molecule has 1 heterocycles. The second kappa shape index (κ2) is 4.58. The lowest BCUT2D eigenvalue weighted by atomic mass is 9.90. The fourth-order valence-corrected chi connectivity index (χ4v) is 2.89.